The summed E-state index contributed by atoms with van der Waals surface area (Å²) in [5.41, 5.74) is 2.16. The molecule has 0 saturated heterocycles. The maximum atomic E-state index is 12.5. The average molecular weight is 435 g/mol. The molecule has 134 valence electrons. The number of aromatic nitrogens is 1. The number of nitrogens with one attached hydrogen (secondary N) is 1. The van der Waals surface area contributed by atoms with Gasteiger partial charge in [-0.15, -0.1) is 11.3 Å². The smallest absolute Gasteiger partial charge is 0.262 e. The standard InChI is InChI=1S/C18H15BrN2O4S/c1-9-15(16(19)10(2)25-9)17(22)21-18-20-12(8-26-18)11-3-4-13-14(7-11)24-6-5-23-13/h3-4,7-8H,5-6H2,1-2H3,(H,20,21,22). The highest BCUT2D eigenvalue weighted by atomic mass is 79.9. The van der Waals surface area contributed by atoms with Crippen LogP contribution in [0, 0.1) is 13.8 Å². The zero-order chi connectivity index (χ0) is 18.3. The quantitative estimate of drug-likeness (QED) is 0.640. The van der Waals surface area contributed by atoms with Crippen LogP contribution in [0.25, 0.3) is 11.3 Å². The van der Waals surface area contributed by atoms with Gasteiger partial charge in [0.1, 0.15) is 24.7 Å². The Morgan fingerprint density at radius 1 is 1.19 bits per heavy atom. The molecule has 0 saturated carbocycles. The predicted octanol–water partition coefficient (Wildman–Crippen LogP) is 4.81. The molecule has 1 aromatic carbocycles. The molecule has 0 fully saturated rings. The van der Waals surface area contributed by atoms with Gasteiger partial charge in [-0.3, -0.25) is 10.1 Å². The van der Waals surface area contributed by atoms with Crippen molar-refractivity contribution in [3.8, 4) is 22.8 Å². The Morgan fingerprint density at radius 3 is 2.69 bits per heavy atom. The van der Waals surface area contributed by atoms with Crippen molar-refractivity contribution in [2.24, 2.45) is 0 Å². The number of hydrogen-bond donors (Lipinski definition) is 1. The van der Waals surface area contributed by atoms with Gasteiger partial charge in [0.25, 0.3) is 5.91 Å². The van der Waals surface area contributed by atoms with Crippen LogP contribution in [0.15, 0.2) is 32.5 Å². The summed E-state index contributed by atoms with van der Waals surface area (Å²) in [4.78, 5) is 17.0. The summed E-state index contributed by atoms with van der Waals surface area (Å²) in [5, 5.41) is 5.24. The largest absolute Gasteiger partial charge is 0.486 e. The normalized spacial score (nSPS) is 12.9. The van der Waals surface area contributed by atoms with Crippen molar-refractivity contribution in [1.82, 2.24) is 4.98 Å². The molecule has 1 amide bonds. The third-order valence-corrected chi connectivity index (χ3v) is 5.69. The minimum absolute atomic E-state index is 0.255. The van der Waals surface area contributed by atoms with E-state index in [4.69, 9.17) is 13.9 Å². The zero-order valence-corrected chi connectivity index (χ0v) is 16.5. The molecule has 0 spiro atoms. The molecular weight excluding hydrogens is 420 g/mol. The number of benzene rings is 1. The zero-order valence-electron chi connectivity index (χ0n) is 14.1. The van der Waals surface area contributed by atoms with Gasteiger partial charge in [0.2, 0.25) is 0 Å². The lowest BCUT2D eigenvalue weighted by molar-refractivity contribution is 0.102. The molecule has 0 bridgehead atoms. The highest BCUT2D eigenvalue weighted by molar-refractivity contribution is 9.10. The van der Waals surface area contributed by atoms with E-state index in [2.05, 4.69) is 26.2 Å². The van der Waals surface area contributed by atoms with Crippen LogP contribution >= 0.6 is 27.3 Å². The number of furan rings is 1. The van der Waals surface area contributed by atoms with Crippen LogP contribution in [-0.4, -0.2) is 24.1 Å². The van der Waals surface area contributed by atoms with Crippen LogP contribution in [-0.2, 0) is 0 Å². The van der Waals surface area contributed by atoms with E-state index in [0.717, 1.165) is 17.0 Å². The van der Waals surface area contributed by atoms with Crippen LogP contribution < -0.4 is 14.8 Å². The fraction of sp³-hybridized carbons (Fsp3) is 0.222. The van der Waals surface area contributed by atoms with Gasteiger partial charge in [0.05, 0.1) is 15.7 Å². The van der Waals surface area contributed by atoms with Crippen LogP contribution in [0.1, 0.15) is 21.9 Å². The number of carbonyl (C=O) groups is 1. The van der Waals surface area contributed by atoms with Crippen molar-refractivity contribution in [2.75, 3.05) is 18.5 Å². The van der Waals surface area contributed by atoms with E-state index < -0.39 is 0 Å². The first-order valence-corrected chi connectivity index (χ1v) is 9.62. The minimum Gasteiger partial charge on any atom is -0.486 e. The first-order valence-electron chi connectivity index (χ1n) is 7.95. The van der Waals surface area contributed by atoms with E-state index in [9.17, 15) is 4.79 Å². The highest BCUT2D eigenvalue weighted by Crippen LogP contribution is 2.35. The summed E-state index contributed by atoms with van der Waals surface area (Å²) in [6, 6.07) is 5.69. The number of thiazole rings is 1. The number of aryl methyl sites for hydroxylation is 2. The van der Waals surface area contributed by atoms with Gasteiger partial charge in [0.15, 0.2) is 16.6 Å². The molecule has 0 radical (unpaired) electrons. The highest BCUT2D eigenvalue weighted by Gasteiger charge is 2.21. The third kappa shape index (κ3) is 3.10. The summed E-state index contributed by atoms with van der Waals surface area (Å²) < 4.78 is 17.3. The number of ether oxygens (including phenoxy) is 2. The van der Waals surface area contributed by atoms with Crippen LogP contribution in [0.2, 0.25) is 0 Å². The van der Waals surface area contributed by atoms with Crippen molar-refractivity contribution in [2.45, 2.75) is 13.8 Å². The summed E-state index contributed by atoms with van der Waals surface area (Å²) in [6.07, 6.45) is 0. The minimum atomic E-state index is -0.255. The van der Waals surface area contributed by atoms with Crippen LogP contribution in [0.3, 0.4) is 0 Å². The van der Waals surface area contributed by atoms with Gasteiger partial charge in [-0.1, -0.05) is 0 Å². The van der Waals surface area contributed by atoms with E-state index in [1.54, 1.807) is 13.8 Å². The Labute approximate surface area is 162 Å². The number of halogens is 1. The van der Waals surface area contributed by atoms with Gasteiger partial charge in [-0.2, -0.15) is 0 Å². The average Bonchev–Trinajstić information content (AvgIpc) is 3.19. The SMILES string of the molecule is Cc1oc(C)c(C(=O)Nc2nc(-c3ccc4c(c3)OCCO4)cs2)c1Br. The van der Waals surface area contributed by atoms with Gasteiger partial charge in [-0.05, 0) is 48.0 Å². The Morgan fingerprint density at radius 2 is 1.96 bits per heavy atom. The summed E-state index contributed by atoms with van der Waals surface area (Å²) >= 11 is 4.76. The molecule has 0 unspecified atom stereocenters. The van der Waals surface area contributed by atoms with E-state index in [1.807, 2.05) is 23.6 Å². The van der Waals surface area contributed by atoms with Crippen molar-refractivity contribution in [3.63, 3.8) is 0 Å². The van der Waals surface area contributed by atoms with Crippen molar-refractivity contribution in [1.29, 1.82) is 0 Å². The Hall–Kier alpha value is -2.32. The summed E-state index contributed by atoms with van der Waals surface area (Å²) in [5.74, 6) is 2.42. The molecule has 4 rings (SSSR count). The third-order valence-electron chi connectivity index (χ3n) is 3.98. The number of fused-ring (bicyclic) bond motifs is 1. The Balaban J connectivity index is 1.56. The lowest BCUT2D eigenvalue weighted by Gasteiger charge is -2.18. The molecule has 26 heavy (non-hydrogen) atoms. The first kappa shape index (κ1) is 17.1. The fourth-order valence-electron chi connectivity index (χ4n) is 2.74. The number of anilines is 1. The molecule has 1 aliphatic rings. The maximum Gasteiger partial charge on any atom is 0.262 e. The molecule has 6 nitrogen and oxygen atoms in total. The molecule has 8 heteroatoms. The molecule has 0 atom stereocenters. The summed E-state index contributed by atoms with van der Waals surface area (Å²) in [7, 11) is 0. The van der Waals surface area contributed by atoms with Gasteiger partial charge < -0.3 is 13.9 Å². The topological polar surface area (TPSA) is 73.6 Å². The van der Waals surface area contributed by atoms with E-state index in [-0.39, 0.29) is 5.91 Å². The molecule has 3 aromatic rings. The number of rotatable bonds is 3. The summed E-state index contributed by atoms with van der Waals surface area (Å²) in [6.45, 7) is 4.65. The molecule has 1 aliphatic heterocycles. The van der Waals surface area contributed by atoms with Gasteiger partial charge in [0, 0.05) is 10.9 Å². The predicted molar refractivity (Wildman–Crippen MR) is 102 cm³/mol. The van der Waals surface area contributed by atoms with Crippen molar-refractivity contribution >= 4 is 38.3 Å². The fourth-order valence-corrected chi connectivity index (χ4v) is 4.00. The van der Waals surface area contributed by atoms with E-state index in [0.29, 0.717) is 45.7 Å². The molecule has 0 aliphatic carbocycles. The molecule has 2 aromatic heterocycles. The van der Waals surface area contributed by atoms with Gasteiger partial charge >= 0.3 is 0 Å². The number of hydrogen-bond acceptors (Lipinski definition) is 6. The van der Waals surface area contributed by atoms with E-state index >= 15 is 0 Å². The molecular formula is C18H15BrN2O4S. The Kier molecular flexibility index (Phi) is 4.46. The maximum absolute atomic E-state index is 12.5. The van der Waals surface area contributed by atoms with E-state index in [1.165, 1.54) is 11.3 Å². The second kappa shape index (κ2) is 6.77. The Bertz CT molecular complexity index is 995. The number of nitrogens with zero attached hydrogens (tertiary/aromatic N) is 1. The molecule has 3 heterocycles. The number of amides is 1. The number of carbonyl (C=O) groups excluding carboxylic acids is 1. The molecule has 1 N–H and O–H groups in total. The van der Waals surface area contributed by atoms with Crippen LogP contribution in [0.4, 0.5) is 5.13 Å². The van der Waals surface area contributed by atoms with Crippen molar-refractivity contribution < 1.29 is 18.7 Å². The second-order valence-electron chi connectivity index (χ2n) is 5.75. The first-order chi connectivity index (χ1) is 12.5. The lowest BCUT2D eigenvalue weighted by atomic mass is 10.1. The van der Waals surface area contributed by atoms with Crippen LogP contribution in [0.5, 0.6) is 11.5 Å². The van der Waals surface area contributed by atoms with Gasteiger partial charge in [-0.25, -0.2) is 4.98 Å². The van der Waals surface area contributed by atoms with Crippen molar-refractivity contribution in [3.05, 3.63) is 45.1 Å². The lowest BCUT2D eigenvalue weighted by Crippen LogP contribution is -2.15. The second-order valence-corrected chi connectivity index (χ2v) is 7.40. The monoisotopic (exact) mass is 434 g/mol.